The fourth-order valence-electron chi connectivity index (χ4n) is 2.14. The molecule has 4 heteroatoms. The number of rotatable bonds is 1. The van der Waals surface area contributed by atoms with Gasteiger partial charge in [-0.1, -0.05) is 6.07 Å². The topological polar surface area (TPSA) is 20.2 Å². The quantitative estimate of drug-likeness (QED) is 0.784. The maximum absolute atomic E-state index is 12.4. The van der Waals surface area contributed by atoms with Gasteiger partial charge in [-0.3, -0.25) is 0 Å². The van der Waals surface area contributed by atoms with Crippen LogP contribution in [-0.2, 0) is 11.8 Å². The van der Waals surface area contributed by atoms with Crippen molar-refractivity contribution in [1.29, 1.82) is 0 Å². The van der Waals surface area contributed by atoms with E-state index in [1.54, 1.807) is 6.92 Å². The Labute approximate surface area is 91.9 Å². The van der Waals surface area contributed by atoms with E-state index in [0.717, 1.165) is 18.6 Å². The van der Waals surface area contributed by atoms with Crippen LogP contribution in [0.3, 0.4) is 0 Å². The van der Waals surface area contributed by atoms with Crippen LogP contribution in [0.15, 0.2) is 18.2 Å². The highest BCUT2D eigenvalue weighted by Gasteiger charge is 2.38. The second-order valence-corrected chi connectivity index (χ2v) is 4.41. The summed E-state index contributed by atoms with van der Waals surface area (Å²) in [5, 5.41) is 10.1. The van der Waals surface area contributed by atoms with E-state index >= 15 is 0 Å². The predicted octanol–water partition coefficient (Wildman–Crippen LogP) is 3.39. The summed E-state index contributed by atoms with van der Waals surface area (Å²) in [7, 11) is 0. The third-order valence-corrected chi connectivity index (χ3v) is 3.24. The van der Waals surface area contributed by atoms with Crippen LogP contribution in [0.2, 0.25) is 0 Å². The van der Waals surface area contributed by atoms with Gasteiger partial charge in [0.15, 0.2) is 0 Å². The first-order valence-corrected chi connectivity index (χ1v) is 5.24. The molecule has 16 heavy (non-hydrogen) atoms. The van der Waals surface area contributed by atoms with Crippen LogP contribution in [0, 0.1) is 6.92 Å². The first kappa shape index (κ1) is 11.5. The van der Waals surface area contributed by atoms with E-state index in [4.69, 9.17) is 0 Å². The number of alkyl halides is 3. The zero-order valence-electron chi connectivity index (χ0n) is 8.93. The first-order valence-electron chi connectivity index (χ1n) is 5.24. The largest absolute Gasteiger partial charge is 0.416 e. The van der Waals surface area contributed by atoms with E-state index in [0.29, 0.717) is 24.0 Å². The van der Waals surface area contributed by atoms with Crippen LogP contribution in [-0.4, -0.2) is 5.11 Å². The molecule has 1 aliphatic carbocycles. The van der Waals surface area contributed by atoms with Gasteiger partial charge >= 0.3 is 6.18 Å². The zero-order valence-corrected chi connectivity index (χ0v) is 8.93. The third kappa shape index (κ3) is 1.82. The minimum absolute atomic E-state index is 0.511. The average Bonchev–Trinajstić information content (AvgIpc) is 2.12. The molecular formula is C12H13F3O. The van der Waals surface area contributed by atoms with Crippen molar-refractivity contribution < 1.29 is 18.3 Å². The first-order chi connectivity index (χ1) is 7.33. The van der Waals surface area contributed by atoms with Gasteiger partial charge in [0.05, 0.1) is 11.2 Å². The Morgan fingerprint density at radius 2 is 1.88 bits per heavy atom. The van der Waals surface area contributed by atoms with Crippen LogP contribution in [0.25, 0.3) is 0 Å². The predicted molar refractivity (Wildman–Crippen MR) is 53.9 cm³/mol. The molecule has 0 amide bonds. The lowest BCUT2D eigenvalue weighted by Gasteiger charge is -2.38. The Balaban J connectivity index is 2.37. The van der Waals surface area contributed by atoms with Gasteiger partial charge in [0.2, 0.25) is 0 Å². The molecule has 1 aliphatic rings. The third-order valence-electron chi connectivity index (χ3n) is 3.24. The fourth-order valence-corrected chi connectivity index (χ4v) is 2.14. The molecule has 0 aliphatic heterocycles. The van der Waals surface area contributed by atoms with E-state index in [9.17, 15) is 18.3 Å². The number of halogens is 3. The Morgan fingerprint density at radius 3 is 2.25 bits per heavy atom. The second-order valence-electron chi connectivity index (χ2n) is 4.41. The van der Waals surface area contributed by atoms with Gasteiger partial charge in [0, 0.05) is 0 Å². The monoisotopic (exact) mass is 230 g/mol. The minimum Gasteiger partial charge on any atom is -0.385 e. The molecule has 0 radical (unpaired) electrons. The van der Waals surface area contributed by atoms with Crippen molar-refractivity contribution in [2.45, 2.75) is 38.0 Å². The summed E-state index contributed by atoms with van der Waals surface area (Å²) < 4.78 is 37.3. The highest BCUT2D eigenvalue weighted by Crippen LogP contribution is 2.43. The van der Waals surface area contributed by atoms with Crippen LogP contribution in [0.5, 0.6) is 0 Å². The van der Waals surface area contributed by atoms with Crippen molar-refractivity contribution in [3.63, 3.8) is 0 Å². The van der Waals surface area contributed by atoms with Gasteiger partial charge in [-0.2, -0.15) is 13.2 Å². The molecule has 0 atom stereocenters. The van der Waals surface area contributed by atoms with Crippen LogP contribution in [0.1, 0.15) is 36.0 Å². The molecule has 0 aromatic heterocycles. The summed E-state index contributed by atoms with van der Waals surface area (Å²) in [5.74, 6) is 0. The van der Waals surface area contributed by atoms with Crippen molar-refractivity contribution >= 4 is 0 Å². The summed E-state index contributed by atoms with van der Waals surface area (Å²) in [5.41, 5.74) is -0.408. The van der Waals surface area contributed by atoms with Crippen molar-refractivity contribution in [2.24, 2.45) is 0 Å². The van der Waals surface area contributed by atoms with Crippen molar-refractivity contribution in [3.8, 4) is 0 Å². The summed E-state index contributed by atoms with van der Waals surface area (Å²) in [6, 6.07) is 3.54. The van der Waals surface area contributed by atoms with Crippen molar-refractivity contribution in [3.05, 3.63) is 34.9 Å². The van der Waals surface area contributed by atoms with Gasteiger partial charge in [0.25, 0.3) is 0 Å². The van der Waals surface area contributed by atoms with Crippen LogP contribution < -0.4 is 0 Å². The summed E-state index contributed by atoms with van der Waals surface area (Å²) in [6.07, 6.45) is -2.11. The van der Waals surface area contributed by atoms with Gasteiger partial charge in [0.1, 0.15) is 0 Å². The van der Waals surface area contributed by atoms with Gasteiger partial charge in [-0.05, 0) is 49.4 Å². The molecule has 1 nitrogen and oxygen atoms in total. The molecule has 2 rings (SSSR count). The zero-order chi connectivity index (χ0) is 12.0. The summed E-state index contributed by atoms with van der Waals surface area (Å²) in [6.45, 7) is 1.61. The highest BCUT2D eigenvalue weighted by atomic mass is 19.4. The van der Waals surface area contributed by atoms with Crippen LogP contribution in [0.4, 0.5) is 13.2 Å². The van der Waals surface area contributed by atoms with Gasteiger partial charge in [-0.25, -0.2) is 0 Å². The Kier molecular flexibility index (Phi) is 2.49. The number of benzene rings is 1. The molecule has 1 fully saturated rings. The normalized spacial score (nSPS) is 19.3. The minimum atomic E-state index is -4.31. The maximum Gasteiger partial charge on any atom is 0.416 e. The lowest BCUT2D eigenvalue weighted by Crippen LogP contribution is -2.34. The summed E-state index contributed by atoms with van der Waals surface area (Å²) >= 11 is 0. The van der Waals surface area contributed by atoms with Gasteiger partial charge in [-0.15, -0.1) is 0 Å². The molecule has 0 saturated heterocycles. The fraction of sp³-hybridized carbons (Fsp3) is 0.500. The lowest BCUT2D eigenvalue weighted by molar-refractivity contribution is -0.137. The molecule has 1 aromatic rings. The molecule has 0 heterocycles. The number of aliphatic hydroxyl groups is 1. The SMILES string of the molecule is Cc1cc(C(F)(F)F)ccc1C1(O)CCC1. The van der Waals surface area contributed by atoms with E-state index in [1.807, 2.05) is 0 Å². The average molecular weight is 230 g/mol. The smallest absolute Gasteiger partial charge is 0.385 e. The van der Waals surface area contributed by atoms with E-state index < -0.39 is 17.3 Å². The van der Waals surface area contributed by atoms with E-state index in [-0.39, 0.29) is 0 Å². The van der Waals surface area contributed by atoms with Crippen molar-refractivity contribution in [1.82, 2.24) is 0 Å². The number of aryl methyl sites for hydroxylation is 1. The summed E-state index contributed by atoms with van der Waals surface area (Å²) in [4.78, 5) is 0. The molecular weight excluding hydrogens is 217 g/mol. The molecule has 1 saturated carbocycles. The van der Waals surface area contributed by atoms with Gasteiger partial charge < -0.3 is 5.11 Å². The van der Waals surface area contributed by atoms with Crippen LogP contribution >= 0.6 is 0 Å². The van der Waals surface area contributed by atoms with E-state index in [2.05, 4.69) is 0 Å². The standard InChI is InChI=1S/C12H13F3O/c1-8-7-9(12(13,14)15)3-4-10(8)11(16)5-2-6-11/h3-4,7,16H,2,5-6H2,1H3. The number of hydrogen-bond donors (Lipinski definition) is 1. The molecule has 0 spiro atoms. The van der Waals surface area contributed by atoms with E-state index in [1.165, 1.54) is 6.07 Å². The molecule has 88 valence electrons. The molecule has 1 aromatic carbocycles. The van der Waals surface area contributed by atoms with Crippen molar-refractivity contribution in [2.75, 3.05) is 0 Å². The highest BCUT2D eigenvalue weighted by molar-refractivity contribution is 5.37. The Morgan fingerprint density at radius 1 is 1.25 bits per heavy atom. The lowest BCUT2D eigenvalue weighted by atomic mass is 9.73. The molecule has 0 unspecified atom stereocenters. The maximum atomic E-state index is 12.4. The Bertz CT molecular complexity index is 405. The molecule has 1 N–H and O–H groups in total. The Hall–Kier alpha value is -1.03. The second kappa shape index (κ2) is 3.48. The number of hydrogen-bond acceptors (Lipinski definition) is 1. The molecule has 0 bridgehead atoms.